The summed E-state index contributed by atoms with van der Waals surface area (Å²) in [7, 11) is 0. The van der Waals surface area contributed by atoms with Gasteiger partial charge in [0.1, 0.15) is 23.9 Å². The van der Waals surface area contributed by atoms with Gasteiger partial charge in [-0.2, -0.15) is 0 Å². The van der Waals surface area contributed by atoms with Crippen molar-refractivity contribution in [2.24, 2.45) is 5.92 Å². The molecule has 9 heteroatoms. The number of carbonyl (C=O) groups is 4. The van der Waals surface area contributed by atoms with E-state index in [4.69, 9.17) is 4.74 Å². The van der Waals surface area contributed by atoms with E-state index in [1.54, 1.807) is 0 Å². The molecule has 3 atom stereocenters. The number of rotatable bonds is 8. The predicted octanol–water partition coefficient (Wildman–Crippen LogP) is -4.21. The summed E-state index contributed by atoms with van der Waals surface area (Å²) in [5.74, 6) is -8.37. The maximum absolute atomic E-state index is 11.9. The zero-order chi connectivity index (χ0) is 17.7. The van der Waals surface area contributed by atoms with Crippen molar-refractivity contribution in [2.75, 3.05) is 0 Å². The number of aliphatic carboxylic acids is 3. The molecule has 0 radical (unpaired) electrons. The van der Waals surface area contributed by atoms with Crippen molar-refractivity contribution in [3.63, 3.8) is 0 Å². The second-order valence-electron chi connectivity index (χ2n) is 4.84. The largest absolute Gasteiger partial charge is 0.550 e. The van der Waals surface area contributed by atoms with E-state index in [0.29, 0.717) is 0 Å². The van der Waals surface area contributed by atoms with E-state index in [1.807, 2.05) is 0 Å². The summed E-state index contributed by atoms with van der Waals surface area (Å²) in [6.07, 6.45) is -3.19. The summed E-state index contributed by atoms with van der Waals surface area (Å²) >= 11 is 0. The third kappa shape index (κ3) is 4.65. The van der Waals surface area contributed by atoms with Gasteiger partial charge in [0, 0.05) is 24.4 Å². The lowest BCUT2D eigenvalue weighted by atomic mass is 9.80. The minimum atomic E-state index is -1.78. The Kier molecular flexibility index (Phi) is 6.02. The normalized spacial score (nSPS) is 23.5. The quantitative estimate of drug-likeness (QED) is 0.343. The Morgan fingerprint density at radius 3 is 2.30 bits per heavy atom. The van der Waals surface area contributed by atoms with Crippen LogP contribution in [0.2, 0.25) is 0 Å². The number of aliphatic hydroxyl groups is 1. The Hall–Kier alpha value is -2.68. The number of carboxylic acid groups (broad SMARTS) is 3. The van der Waals surface area contributed by atoms with Crippen LogP contribution in [0.4, 0.5) is 0 Å². The maximum atomic E-state index is 11.9. The molecule has 1 rings (SSSR count). The fourth-order valence-corrected chi connectivity index (χ4v) is 2.17. The molecule has 0 spiro atoms. The van der Waals surface area contributed by atoms with Crippen LogP contribution in [0.25, 0.3) is 0 Å². The average Bonchev–Trinajstić information content (AvgIpc) is 2.45. The number of hydrogen-bond acceptors (Lipinski definition) is 9. The van der Waals surface area contributed by atoms with Gasteiger partial charge >= 0.3 is 0 Å². The van der Waals surface area contributed by atoms with E-state index in [9.17, 15) is 39.6 Å². The van der Waals surface area contributed by atoms with Crippen LogP contribution in [-0.4, -0.2) is 41.0 Å². The third-order valence-electron chi connectivity index (χ3n) is 3.28. The summed E-state index contributed by atoms with van der Waals surface area (Å²) in [5, 5.41) is 42.1. The van der Waals surface area contributed by atoms with E-state index < -0.39 is 60.4 Å². The summed E-state index contributed by atoms with van der Waals surface area (Å²) < 4.78 is 4.81. The number of carboxylic acids is 3. The molecule has 1 aliphatic carbocycles. The topological polar surface area (TPSA) is 167 Å². The first-order valence-corrected chi connectivity index (χ1v) is 6.54. The Balaban J connectivity index is 2.95. The van der Waals surface area contributed by atoms with Crippen molar-refractivity contribution in [1.29, 1.82) is 0 Å². The zero-order valence-electron chi connectivity index (χ0n) is 11.9. The standard InChI is InChI=1S/C14H16O9/c1-6(13(19)20)23-9-4-2-7(8(15)3-5-10(16)17)11(12(9)18)14(21)22/h2,9,11-12,18H,1,3-5H2,(H,16,17)(H,19,20)(H,21,22)/p-3. The highest BCUT2D eigenvalue weighted by Gasteiger charge is 2.38. The zero-order valence-corrected chi connectivity index (χ0v) is 11.9. The molecule has 0 aromatic carbocycles. The van der Waals surface area contributed by atoms with Crippen molar-refractivity contribution in [3.05, 3.63) is 24.0 Å². The van der Waals surface area contributed by atoms with Crippen LogP contribution in [0.1, 0.15) is 19.3 Å². The van der Waals surface area contributed by atoms with Crippen LogP contribution < -0.4 is 15.3 Å². The Labute approximate surface area is 130 Å². The van der Waals surface area contributed by atoms with Crippen LogP contribution in [-0.2, 0) is 23.9 Å². The lowest BCUT2D eigenvalue weighted by Crippen LogP contribution is -2.49. The summed E-state index contributed by atoms with van der Waals surface area (Å²) in [6.45, 7) is 3.04. The monoisotopic (exact) mass is 325 g/mol. The Morgan fingerprint density at radius 1 is 1.22 bits per heavy atom. The fourth-order valence-electron chi connectivity index (χ4n) is 2.17. The van der Waals surface area contributed by atoms with E-state index in [0.717, 1.165) is 6.08 Å². The number of ether oxygens (including phenoxy) is 1. The van der Waals surface area contributed by atoms with Gasteiger partial charge in [0.15, 0.2) is 5.78 Å². The van der Waals surface area contributed by atoms with Crippen LogP contribution in [0, 0.1) is 5.92 Å². The van der Waals surface area contributed by atoms with Gasteiger partial charge in [0.05, 0.1) is 11.9 Å². The maximum Gasteiger partial charge on any atom is 0.159 e. The molecule has 0 saturated heterocycles. The second-order valence-corrected chi connectivity index (χ2v) is 4.84. The van der Waals surface area contributed by atoms with Crippen molar-refractivity contribution in [3.8, 4) is 0 Å². The van der Waals surface area contributed by atoms with Crippen LogP contribution in [0.5, 0.6) is 0 Å². The molecule has 23 heavy (non-hydrogen) atoms. The SMILES string of the molecule is C=C(OC1CC=C(C(=O)CCC(=O)[O-])C(C(=O)[O-])C1O)C(=O)[O-]. The average molecular weight is 325 g/mol. The van der Waals surface area contributed by atoms with Crippen LogP contribution in [0.3, 0.4) is 0 Å². The first-order chi connectivity index (χ1) is 10.6. The molecule has 0 amide bonds. The molecular weight excluding hydrogens is 312 g/mol. The van der Waals surface area contributed by atoms with Crippen molar-refractivity contribution in [2.45, 2.75) is 31.5 Å². The highest BCUT2D eigenvalue weighted by Crippen LogP contribution is 2.29. The number of hydrogen-bond donors (Lipinski definition) is 1. The predicted molar refractivity (Wildman–Crippen MR) is 65.5 cm³/mol. The van der Waals surface area contributed by atoms with E-state index in [2.05, 4.69) is 6.58 Å². The molecule has 0 aromatic rings. The van der Waals surface area contributed by atoms with Gasteiger partial charge in [0.2, 0.25) is 0 Å². The number of ketones is 1. The lowest BCUT2D eigenvalue weighted by Gasteiger charge is -2.35. The molecule has 9 nitrogen and oxygen atoms in total. The molecule has 1 aliphatic rings. The minimum Gasteiger partial charge on any atom is -0.550 e. The van der Waals surface area contributed by atoms with Crippen LogP contribution in [0.15, 0.2) is 24.0 Å². The van der Waals surface area contributed by atoms with E-state index in [-0.39, 0.29) is 12.0 Å². The summed E-state index contributed by atoms with van der Waals surface area (Å²) in [5.41, 5.74) is -0.322. The molecule has 0 fully saturated rings. The molecule has 0 aliphatic heterocycles. The number of Topliss-reactive ketones (excluding diaryl/α,β-unsaturated/α-hetero) is 1. The van der Waals surface area contributed by atoms with E-state index >= 15 is 0 Å². The fraction of sp³-hybridized carbons (Fsp3) is 0.429. The summed E-state index contributed by atoms with van der Waals surface area (Å²) in [4.78, 5) is 44.0. The van der Waals surface area contributed by atoms with Gasteiger partial charge < -0.3 is 39.5 Å². The molecule has 3 unspecified atom stereocenters. The molecule has 0 aromatic heterocycles. The second kappa shape index (κ2) is 7.54. The third-order valence-corrected chi connectivity index (χ3v) is 3.28. The summed E-state index contributed by atoms with van der Waals surface area (Å²) in [6, 6.07) is 0. The highest BCUT2D eigenvalue weighted by atomic mass is 16.5. The van der Waals surface area contributed by atoms with Gasteiger partial charge in [-0.3, -0.25) is 4.79 Å². The molecule has 126 valence electrons. The molecule has 0 bridgehead atoms. The smallest absolute Gasteiger partial charge is 0.159 e. The first kappa shape index (κ1) is 18.4. The molecule has 1 N–H and O–H groups in total. The van der Waals surface area contributed by atoms with E-state index in [1.165, 1.54) is 0 Å². The Bertz CT molecular complexity index is 575. The van der Waals surface area contributed by atoms with Crippen molar-refractivity contribution >= 4 is 23.7 Å². The van der Waals surface area contributed by atoms with Crippen LogP contribution >= 0.6 is 0 Å². The van der Waals surface area contributed by atoms with Gasteiger partial charge in [-0.1, -0.05) is 12.7 Å². The minimum absolute atomic E-state index is 0.177. The van der Waals surface area contributed by atoms with Gasteiger partial charge in [0.25, 0.3) is 0 Å². The molecular formula is C14H13O9-3. The van der Waals surface area contributed by atoms with Gasteiger partial charge in [-0.25, -0.2) is 0 Å². The first-order valence-electron chi connectivity index (χ1n) is 6.54. The Morgan fingerprint density at radius 2 is 1.83 bits per heavy atom. The van der Waals surface area contributed by atoms with Gasteiger partial charge in [-0.05, 0) is 6.42 Å². The highest BCUT2D eigenvalue weighted by molar-refractivity contribution is 6.01. The van der Waals surface area contributed by atoms with Gasteiger partial charge in [-0.15, -0.1) is 0 Å². The number of aliphatic hydroxyl groups excluding tert-OH is 1. The molecule has 0 saturated carbocycles. The lowest BCUT2D eigenvalue weighted by molar-refractivity contribution is -0.314. The number of carbonyl (C=O) groups excluding carboxylic acids is 4. The van der Waals surface area contributed by atoms with Crippen molar-refractivity contribution < 1.29 is 44.3 Å². The molecule has 0 heterocycles. The van der Waals surface area contributed by atoms with Crippen molar-refractivity contribution in [1.82, 2.24) is 0 Å².